The van der Waals surface area contributed by atoms with Gasteiger partial charge in [-0.25, -0.2) is 0 Å². The number of carboxylic acids is 2. The van der Waals surface area contributed by atoms with Crippen LogP contribution in [0.3, 0.4) is 0 Å². The van der Waals surface area contributed by atoms with Crippen LogP contribution in [0.2, 0.25) is 0 Å². The molecule has 0 unspecified atom stereocenters. The average Bonchev–Trinajstić information content (AvgIpc) is 1.27. The predicted octanol–water partition coefficient (Wildman–Crippen LogP) is -3.00. The van der Waals surface area contributed by atoms with Gasteiger partial charge in [-0.1, -0.05) is 0 Å². The average molecular weight is 126 g/mol. The zero-order valence-corrected chi connectivity index (χ0v) is 5.42. The van der Waals surface area contributed by atoms with Crippen molar-refractivity contribution < 1.29 is 38.7 Å². The first-order valence-corrected chi connectivity index (χ1v) is 1.56. The summed E-state index contributed by atoms with van der Waals surface area (Å²) >= 11 is 0. The Morgan fingerprint density at radius 3 is 1.33 bits per heavy atom. The molecule has 0 aliphatic heterocycles. The summed E-state index contributed by atoms with van der Waals surface area (Å²) < 4.78 is 0. The quantitative estimate of drug-likeness (QED) is 0.235. The monoisotopic (exact) mass is 126 g/mol. The number of rotatable bonds is 2. The Balaban J connectivity index is -0.000000180. The fraction of sp³-hybridized carbons (Fsp3) is 0.250. The molecular formula is C4H7LiO4. The van der Waals surface area contributed by atoms with Crippen molar-refractivity contribution in [2.24, 2.45) is 0 Å². The van der Waals surface area contributed by atoms with Crippen LogP contribution in [0.15, 0.2) is 0 Å². The molecule has 4 nitrogen and oxygen atoms in total. The predicted molar refractivity (Wildman–Crippen MR) is 26.3 cm³/mol. The van der Waals surface area contributed by atoms with E-state index in [0.717, 1.165) is 0 Å². The van der Waals surface area contributed by atoms with E-state index in [9.17, 15) is 9.59 Å². The normalized spacial score (nSPS) is 6.22. The van der Waals surface area contributed by atoms with Gasteiger partial charge in [0.25, 0.3) is 0 Å². The van der Waals surface area contributed by atoms with Gasteiger partial charge < -0.3 is 17.6 Å². The van der Waals surface area contributed by atoms with Crippen LogP contribution in [0.4, 0.5) is 0 Å². The van der Waals surface area contributed by atoms with E-state index >= 15 is 0 Å². The third kappa shape index (κ3) is 18.5. The van der Waals surface area contributed by atoms with Crippen LogP contribution in [0.1, 0.15) is 6.42 Å². The van der Waals surface area contributed by atoms with Gasteiger partial charge >= 0.3 is 30.8 Å². The molecule has 9 heavy (non-hydrogen) atoms. The molecule has 0 aromatic rings. The zero-order chi connectivity index (χ0) is 5.86. The van der Waals surface area contributed by atoms with Crippen LogP contribution >= 0.6 is 0 Å². The Morgan fingerprint density at radius 2 is 1.33 bits per heavy atom. The molecule has 0 heterocycles. The van der Waals surface area contributed by atoms with Gasteiger partial charge in [0.2, 0.25) is 0 Å². The second-order valence-electron chi connectivity index (χ2n) is 0.964. The Bertz CT molecular complexity index is 88.7. The number of carboxylic acid groups (broad SMARTS) is 2. The Labute approximate surface area is 65.0 Å². The van der Waals surface area contributed by atoms with Crippen LogP contribution in [0.25, 0.3) is 0 Å². The fourth-order valence-corrected chi connectivity index (χ4v) is 0.129. The van der Waals surface area contributed by atoms with Crippen molar-refractivity contribution in [2.75, 3.05) is 0 Å². The third-order valence-corrected chi connectivity index (χ3v) is 0.302. The molecule has 0 rings (SSSR count). The second-order valence-corrected chi connectivity index (χ2v) is 0.964. The minimum atomic E-state index is -1.31. The summed E-state index contributed by atoms with van der Waals surface area (Å²) in [6, 6.07) is 0. The molecule has 0 bridgehead atoms. The van der Waals surface area contributed by atoms with E-state index in [-0.39, 0.29) is 26.3 Å². The Kier molecular flexibility index (Phi) is 13.2. The van der Waals surface area contributed by atoms with Crippen molar-refractivity contribution >= 4 is 11.9 Å². The summed E-state index contributed by atoms with van der Waals surface area (Å²) in [5, 5.41) is 15.4. The molecule has 0 amide bonds. The van der Waals surface area contributed by atoms with Crippen molar-refractivity contribution in [3.8, 4) is 0 Å². The summed E-state index contributed by atoms with van der Waals surface area (Å²) in [4.78, 5) is 18.9. The summed E-state index contributed by atoms with van der Waals surface area (Å²) in [6.45, 7) is 0. The van der Waals surface area contributed by atoms with Gasteiger partial charge in [-0.05, 0) is 0 Å². The maximum absolute atomic E-state index is 9.43. The van der Waals surface area contributed by atoms with Crippen LogP contribution in [-0.4, -0.2) is 22.2 Å². The van der Waals surface area contributed by atoms with Gasteiger partial charge in [-0.15, -0.1) is 0 Å². The van der Waals surface area contributed by atoms with Crippen LogP contribution in [0.5, 0.6) is 0 Å². The molecule has 0 spiro atoms. The van der Waals surface area contributed by atoms with E-state index < -0.39 is 18.4 Å². The van der Waals surface area contributed by atoms with Crippen molar-refractivity contribution in [3.63, 3.8) is 0 Å². The number of hydrogen-bond acceptors (Lipinski definition) is 2. The number of carbonyl (C=O) groups is 2. The largest absolute Gasteiger partial charge is 1.00 e. The van der Waals surface area contributed by atoms with E-state index in [4.69, 9.17) is 10.2 Å². The van der Waals surface area contributed by atoms with E-state index in [0.29, 0.717) is 0 Å². The first-order valence-electron chi connectivity index (χ1n) is 1.56. The van der Waals surface area contributed by atoms with E-state index in [1.807, 2.05) is 0 Å². The Morgan fingerprint density at radius 1 is 1.11 bits per heavy atom. The molecular weight excluding hydrogens is 119 g/mol. The third-order valence-electron chi connectivity index (χ3n) is 0.302. The molecule has 48 valence electrons. The molecule has 0 aliphatic carbocycles. The molecule has 0 aliphatic rings. The first kappa shape index (κ1) is 15.8. The summed E-state index contributed by atoms with van der Waals surface area (Å²) in [5.74, 6) is -2.62. The van der Waals surface area contributed by atoms with Crippen LogP contribution in [-0.2, 0) is 9.59 Å². The van der Waals surface area contributed by atoms with Crippen molar-refractivity contribution in [2.45, 2.75) is 6.42 Å². The molecule has 0 aromatic carbocycles. The number of aliphatic carboxylic acids is 2. The summed E-state index contributed by atoms with van der Waals surface area (Å²) in [5.41, 5.74) is 0. The molecule has 0 saturated heterocycles. The number of hydrogen-bond donors (Lipinski definition) is 2. The van der Waals surface area contributed by atoms with Crippen LogP contribution in [0, 0.1) is 7.43 Å². The van der Waals surface area contributed by atoms with Crippen molar-refractivity contribution in [1.82, 2.24) is 0 Å². The van der Waals surface area contributed by atoms with Crippen LogP contribution < -0.4 is 18.9 Å². The summed E-state index contributed by atoms with van der Waals surface area (Å²) in [6.07, 6.45) is -0.806. The van der Waals surface area contributed by atoms with Gasteiger partial charge in [0, 0.05) is 0 Å². The molecule has 2 N–H and O–H groups in total. The fourth-order valence-electron chi connectivity index (χ4n) is 0.129. The maximum Gasteiger partial charge on any atom is 1.00 e. The first-order chi connectivity index (χ1) is 3.13. The maximum atomic E-state index is 9.43. The molecule has 0 radical (unpaired) electrons. The second kappa shape index (κ2) is 7.54. The molecule has 0 aromatic heterocycles. The minimum absolute atomic E-state index is 0. The van der Waals surface area contributed by atoms with E-state index in [2.05, 4.69) is 0 Å². The molecule has 0 saturated carbocycles. The van der Waals surface area contributed by atoms with Gasteiger partial charge in [0.05, 0.1) is 0 Å². The van der Waals surface area contributed by atoms with Gasteiger partial charge in [0.1, 0.15) is 6.42 Å². The molecule has 0 atom stereocenters. The van der Waals surface area contributed by atoms with Gasteiger partial charge in [0.15, 0.2) is 0 Å². The minimum Gasteiger partial charge on any atom is -0.481 e. The smallest absolute Gasteiger partial charge is 0.481 e. The van der Waals surface area contributed by atoms with E-state index in [1.165, 1.54) is 0 Å². The standard InChI is InChI=1S/C3H4O4.CH3.Li/c4-2(5)1-3(6)7;;/h1H2,(H,4,5)(H,6,7);1H3;/q;-1;+1. The van der Waals surface area contributed by atoms with Crippen molar-refractivity contribution in [3.05, 3.63) is 7.43 Å². The SMILES string of the molecule is O=C(O)CC(=O)O.[CH3-].[Li+]. The molecule has 0 fully saturated rings. The zero-order valence-electron chi connectivity index (χ0n) is 5.42. The van der Waals surface area contributed by atoms with Gasteiger partial charge in [-0.3, -0.25) is 9.59 Å². The Hall–Kier alpha value is -0.463. The van der Waals surface area contributed by atoms with Gasteiger partial charge in [-0.2, -0.15) is 0 Å². The summed E-state index contributed by atoms with van der Waals surface area (Å²) in [7, 11) is 0. The van der Waals surface area contributed by atoms with E-state index in [1.54, 1.807) is 0 Å². The topological polar surface area (TPSA) is 74.6 Å². The van der Waals surface area contributed by atoms with Crippen molar-refractivity contribution in [1.29, 1.82) is 0 Å². The molecule has 5 heteroatoms.